The van der Waals surface area contributed by atoms with Gasteiger partial charge in [0.15, 0.2) is 6.61 Å². The molecule has 1 aliphatic heterocycles. The highest BCUT2D eigenvalue weighted by Crippen LogP contribution is 2.28. The first kappa shape index (κ1) is 23.9. The quantitative estimate of drug-likeness (QED) is 0.585. The van der Waals surface area contributed by atoms with E-state index in [2.05, 4.69) is 31.4 Å². The lowest BCUT2D eigenvalue weighted by Gasteiger charge is -2.27. The third kappa shape index (κ3) is 6.15. The van der Waals surface area contributed by atoms with E-state index in [4.69, 9.17) is 18.6 Å². The number of esters is 2. The molecule has 0 bridgehead atoms. The fraction of sp³-hybridized carbons (Fsp3) is 0.375. The highest BCUT2D eigenvalue weighted by Gasteiger charge is 2.35. The van der Waals surface area contributed by atoms with Gasteiger partial charge >= 0.3 is 18.0 Å². The zero-order chi connectivity index (χ0) is 24.0. The summed E-state index contributed by atoms with van der Waals surface area (Å²) in [5.74, 6) is -0.446. The molecule has 1 atom stereocenters. The molecule has 1 aromatic heterocycles. The van der Waals surface area contributed by atoms with Crippen molar-refractivity contribution in [3.63, 3.8) is 0 Å². The highest BCUT2D eigenvalue weighted by molar-refractivity contribution is 5.95. The summed E-state index contributed by atoms with van der Waals surface area (Å²) in [7, 11) is 0. The van der Waals surface area contributed by atoms with E-state index in [1.807, 2.05) is 12.1 Å². The Hall–Kier alpha value is -3.75. The molecule has 0 aliphatic carbocycles. The van der Waals surface area contributed by atoms with E-state index in [1.54, 1.807) is 31.2 Å². The predicted molar refractivity (Wildman–Crippen MR) is 118 cm³/mol. The zero-order valence-corrected chi connectivity index (χ0v) is 19.1. The Balaban J connectivity index is 1.67. The van der Waals surface area contributed by atoms with Crippen LogP contribution in [-0.4, -0.2) is 37.8 Å². The number of furan rings is 1. The smallest absolute Gasteiger partial charge is 0.344 e. The van der Waals surface area contributed by atoms with Crippen LogP contribution in [-0.2, 0) is 24.5 Å². The number of hydrogen-bond acceptors (Lipinski definition) is 7. The van der Waals surface area contributed by atoms with E-state index in [0.717, 1.165) is 5.56 Å². The molecule has 9 heteroatoms. The molecule has 9 nitrogen and oxygen atoms in total. The molecule has 0 radical (unpaired) electrons. The van der Waals surface area contributed by atoms with Gasteiger partial charge < -0.3 is 29.3 Å². The molecule has 0 spiro atoms. The SMILES string of the molecule is CCOC(=O)C1=C(COC(=O)COc2ccc(C(C)(C)C)cc2)NC(=O)NC1c1ccco1. The Morgan fingerprint density at radius 2 is 1.82 bits per heavy atom. The maximum Gasteiger partial charge on any atom is 0.344 e. The number of nitrogens with one attached hydrogen (secondary N) is 2. The Kier molecular flexibility index (Phi) is 7.42. The lowest BCUT2D eigenvalue weighted by Crippen LogP contribution is -2.47. The second-order valence-electron chi connectivity index (χ2n) is 8.38. The number of carbonyl (C=O) groups is 3. The number of urea groups is 1. The predicted octanol–water partition coefficient (Wildman–Crippen LogP) is 3.37. The molecule has 176 valence electrons. The zero-order valence-electron chi connectivity index (χ0n) is 19.1. The average molecular weight is 456 g/mol. The van der Waals surface area contributed by atoms with E-state index in [0.29, 0.717) is 11.5 Å². The third-order valence-corrected chi connectivity index (χ3v) is 4.93. The topological polar surface area (TPSA) is 116 Å². The molecule has 0 saturated heterocycles. The monoisotopic (exact) mass is 456 g/mol. The third-order valence-electron chi connectivity index (χ3n) is 4.93. The Labute approximate surface area is 192 Å². The molecule has 1 aromatic carbocycles. The number of carbonyl (C=O) groups excluding carboxylic acids is 3. The van der Waals surface area contributed by atoms with Crippen LogP contribution >= 0.6 is 0 Å². The Morgan fingerprint density at radius 1 is 1.09 bits per heavy atom. The lowest BCUT2D eigenvalue weighted by atomic mass is 9.87. The molecule has 0 fully saturated rings. The normalized spacial score (nSPS) is 16.0. The molecule has 33 heavy (non-hydrogen) atoms. The highest BCUT2D eigenvalue weighted by atomic mass is 16.6. The summed E-state index contributed by atoms with van der Waals surface area (Å²) in [5.41, 5.74) is 1.36. The van der Waals surface area contributed by atoms with Crippen molar-refractivity contribution < 1.29 is 33.0 Å². The summed E-state index contributed by atoms with van der Waals surface area (Å²) in [6.07, 6.45) is 1.43. The molecule has 2 amide bonds. The van der Waals surface area contributed by atoms with Gasteiger partial charge in [-0.05, 0) is 42.2 Å². The van der Waals surface area contributed by atoms with Crippen molar-refractivity contribution in [2.75, 3.05) is 19.8 Å². The summed E-state index contributed by atoms with van der Waals surface area (Å²) in [6, 6.07) is 9.28. The second-order valence-corrected chi connectivity index (χ2v) is 8.38. The van der Waals surface area contributed by atoms with Crippen LogP contribution in [0.5, 0.6) is 5.75 Å². The number of ether oxygens (including phenoxy) is 3. The van der Waals surface area contributed by atoms with Crippen molar-refractivity contribution >= 4 is 18.0 Å². The maximum atomic E-state index is 12.6. The second kappa shape index (κ2) is 10.2. The minimum absolute atomic E-state index is 0.00854. The van der Waals surface area contributed by atoms with Crippen LogP contribution in [0.25, 0.3) is 0 Å². The van der Waals surface area contributed by atoms with Gasteiger partial charge in [0.2, 0.25) is 0 Å². The van der Waals surface area contributed by atoms with Gasteiger partial charge in [-0.3, -0.25) is 0 Å². The van der Waals surface area contributed by atoms with Crippen LogP contribution in [0.15, 0.2) is 58.3 Å². The van der Waals surface area contributed by atoms with Crippen LogP contribution in [0.3, 0.4) is 0 Å². The minimum Gasteiger partial charge on any atom is -0.482 e. The standard InChI is InChI=1S/C24H28N2O7/c1-5-30-22(28)20-17(25-23(29)26-21(20)18-7-6-12-31-18)13-33-19(27)14-32-16-10-8-15(9-11-16)24(2,3)4/h6-12,21H,5,13-14H2,1-4H3,(H2,25,26,29). The minimum atomic E-state index is -0.876. The Morgan fingerprint density at radius 3 is 2.42 bits per heavy atom. The summed E-state index contributed by atoms with van der Waals surface area (Å²) in [5, 5.41) is 5.14. The van der Waals surface area contributed by atoms with E-state index < -0.39 is 24.0 Å². The molecule has 2 N–H and O–H groups in total. The van der Waals surface area contributed by atoms with Crippen molar-refractivity contribution in [3.05, 3.63) is 65.3 Å². The van der Waals surface area contributed by atoms with E-state index in [9.17, 15) is 14.4 Å². The van der Waals surface area contributed by atoms with Crippen LogP contribution < -0.4 is 15.4 Å². The summed E-state index contributed by atoms with van der Waals surface area (Å²) in [6.45, 7) is 7.45. The molecule has 3 rings (SSSR count). The van der Waals surface area contributed by atoms with Crippen LogP contribution in [0, 0.1) is 0 Å². The van der Waals surface area contributed by atoms with Gasteiger partial charge in [0.25, 0.3) is 0 Å². The van der Waals surface area contributed by atoms with Crippen molar-refractivity contribution in [2.24, 2.45) is 0 Å². The summed E-state index contributed by atoms with van der Waals surface area (Å²) in [4.78, 5) is 37.0. The van der Waals surface area contributed by atoms with Crippen molar-refractivity contribution in [1.29, 1.82) is 0 Å². The molecule has 1 unspecified atom stereocenters. The van der Waals surface area contributed by atoms with E-state index >= 15 is 0 Å². The van der Waals surface area contributed by atoms with Crippen LogP contribution in [0.1, 0.15) is 45.1 Å². The van der Waals surface area contributed by atoms with Gasteiger partial charge in [0, 0.05) is 0 Å². The van der Waals surface area contributed by atoms with Gasteiger partial charge in [0.05, 0.1) is 24.1 Å². The molecule has 2 aromatic rings. The number of rotatable bonds is 8. The van der Waals surface area contributed by atoms with Crippen LogP contribution in [0.4, 0.5) is 4.79 Å². The van der Waals surface area contributed by atoms with E-state index in [1.165, 1.54) is 6.26 Å². The summed E-state index contributed by atoms with van der Waals surface area (Å²) >= 11 is 0. The van der Waals surface area contributed by atoms with Crippen LogP contribution in [0.2, 0.25) is 0 Å². The fourth-order valence-electron chi connectivity index (χ4n) is 3.24. The molecule has 1 aliphatic rings. The Bertz CT molecular complexity index is 1020. The first-order valence-corrected chi connectivity index (χ1v) is 10.6. The fourth-order valence-corrected chi connectivity index (χ4v) is 3.24. The van der Waals surface area contributed by atoms with Gasteiger partial charge in [0.1, 0.15) is 24.2 Å². The first-order chi connectivity index (χ1) is 15.7. The van der Waals surface area contributed by atoms with Gasteiger partial charge in [-0.2, -0.15) is 0 Å². The van der Waals surface area contributed by atoms with Crippen molar-refractivity contribution in [1.82, 2.24) is 10.6 Å². The van der Waals surface area contributed by atoms with Gasteiger partial charge in [-0.1, -0.05) is 32.9 Å². The van der Waals surface area contributed by atoms with Crippen molar-refractivity contribution in [3.8, 4) is 5.75 Å². The lowest BCUT2D eigenvalue weighted by molar-refractivity contribution is -0.145. The molecular formula is C24H28N2O7. The first-order valence-electron chi connectivity index (χ1n) is 10.6. The maximum absolute atomic E-state index is 12.6. The largest absolute Gasteiger partial charge is 0.482 e. The van der Waals surface area contributed by atoms with Crippen molar-refractivity contribution in [2.45, 2.75) is 39.2 Å². The number of amides is 2. The molecular weight excluding hydrogens is 428 g/mol. The molecule has 0 saturated carbocycles. The van der Waals surface area contributed by atoms with Gasteiger partial charge in [-0.25, -0.2) is 14.4 Å². The molecule has 2 heterocycles. The summed E-state index contributed by atoms with van der Waals surface area (Å²) < 4.78 is 21.2. The van der Waals surface area contributed by atoms with E-state index in [-0.39, 0.29) is 36.5 Å². The number of hydrogen-bond donors (Lipinski definition) is 2. The average Bonchev–Trinajstić information content (AvgIpc) is 3.30. The number of benzene rings is 1. The van der Waals surface area contributed by atoms with Gasteiger partial charge in [-0.15, -0.1) is 0 Å².